The number of carboxylic acid groups (broad SMARTS) is 1. The van der Waals surface area contributed by atoms with Crippen LogP contribution >= 0.6 is 0 Å². The van der Waals surface area contributed by atoms with Crippen LogP contribution in [-0.2, 0) is 0 Å². The molecule has 1 N–H and O–H groups in total. The summed E-state index contributed by atoms with van der Waals surface area (Å²) >= 11 is 0. The summed E-state index contributed by atoms with van der Waals surface area (Å²) in [5.41, 5.74) is 3.52. The number of carbonyl (C=O) groups is 1. The summed E-state index contributed by atoms with van der Waals surface area (Å²) in [6.07, 6.45) is 3.02. The van der Waals surface area contributed by atoms with E-state index >= 15 is 0 Å². The zero-order chi connectivity index (χ0) is 13.4. The Labute approximate surface area is 109 Å². The molecule has 19 heavy (non-hydrogen) atoms. The molecule has 0 radical (unpaired) electrons. The van der Waals surface area contributed by atoms with Crippen LogP contribution in [0.3, 0.4) is 0 Å². The fourth-order valence-electron chi connectivity index (χ4n) is 1.88. The molecule has 5 nitrogen and oxygen atoms in total. The average Bonchev–Trinajstić information content (AvgIpc) is 2.82. The lowest BCUT2D eigenvalue weighted by atomic mass is 10.1. The summed E-state index contributed by atoms with van der Waals surface area (Å²) in [6.45, 7) is 2.02. The fourth-order valence-corrected chi connectivity index (χ4v) is 1.88. The fraction of sp³-hybridized carbons (Fsp3) is 0.0714. The summed E-state index contributed by atoms with van der Waals surface area (Å²) in [4.78, 5) is 19.2. The second kappa shape index (κ2) is 4.20. The molecule has 0 fully saturated rings. The van der Waals surface area contributed by atoms with Gasteiger partial charge in [-0.15, -0.1) is 0 Å². The van der Waals surface area contributed by atoms with Crippen LogP contribution in [0.15, 0.2) is 42.9 Å². The number of nitrogens with zero attached hydrogens (tertiary/aromatic N) is 3. The number of aryl methyl sites for hydroxylation is 1. The number of imidazole rings is 1. The molecule has 3 aromatic rings. The molecule has 0 spiro atoms. The minimum absolute atomic E-state index is 0.0165. The molecular formula is C14H11N3O2. The normalized spacial score (nSPS) is 10.8. The van der Waals surface area contributed by atoms with Gasteiger partial charge in [-0.05, 0) is 6.92 Å². The molecule has 1 aromatic carbocycles. The third kappa shape index (κ3) is 2.06. The molecule has 0 aliphatic carbocycles. The lowest BCUT2D eigenvalue weighted by Gasteiger charge is -2.01. The summed E-state index contributed by atoms with van der Waals surface area (Å²) < 4.78 is 1.60. The van der Waals surface area contributed by atoms with E-state index in [9.17, 15) is 4.79 Å². The SMILES string of the molecule is Cc1ccc(-c2cc3nc(C(=O)O)cn3cn2)cc1. The van der Waals surface area contributed by atoms with Gasteiger partial charge in [-0.1, -0.05) is 29.8 Å². The predicted molar refractivity (Wildman–Crippen MR) is 70.1 cm³/mol. The van der Waals surface area contributed by atoms with Gasteiger partial charge in [-0.3, -0.25) is 4.40 Å². The van der Waals surface area contributed by atoms with Gasteiger partial charge in [-0.2, -0.15) is 0 Å². The van der Waals surface area contributed by atoms with Gasteiger partial charge in [0.05, 0.1) is 5.69 Å². The van der Waals surface area contributed by atoms with Gasteiger partial charge in [0.1, 0.15) is 12.0 Å². The Morgan fingerprint density at radius 2 is 2.00 bits per heavy atom. The molecular weight excluding hydrogens is 242 g/mol. The molecule has 0 unspecified atom stereocenters. The molecule has 3 rings (SSSR count). The van der Waals surface area contributed by atoms with E-state index in [0.29, 0.717) is 5.65 Å². The highest BCUT2D eigenvalue weighted by molar-refractivity contribution is 5.86. The van der Waals surface area contributed by atoms with E-state index in [-0.39, 0.29) is 5.69 Å². The first-order valence-electron chi connectivity index (χ1n) is 5.78. The van der Waals surface area contributed by atoms with E-state index in [1.807, 2.05) is 31.2 Å². The lowest BCUT2D eigenvalue weighted by molar-refractivity contribution is 0.0691. The van der Waals surface area contributed by atoms with Crippen LogP contribution in [0, 0.1) is 6.92 Å². The quantitative estimate of drug-likeness (QED) is 0.761. The summed E-state index contributed by atoms with van der Waals surface area (Å²) in [7, 11) is 0. The maximum absolute atomic E-state index is 10.9. The topological polar surface area (TPSA) is 67.5 Å². The smallest absolute Gasteiger partial charge is 0.356 e. The number of carboxylic acids is 1. The van der Waals surface area contributed by atoms with E-state index in [4.69, 9.17) is 5.11 Å². The van der Waals surface area contributed by atoms with E-state index in [1.165, 1.54) is 11.8 Å². The third-order valence-electron chi connectivity index (χ3n) is 2.91. The van der Waals surface area contributed by atoms with Gasteiger partial charge >= 0.3 is 5.97 Å². The van der Waals surface area contributed by atoms with Gasteiger partial charge in [0.25, 0.3) is 0 Å². The predicted octanol–water partition coefficient (Wildman–Crippen LogP) is 2.40. The van der Waals surface area contributed by atoms with Crippen molar-refractivity contribution in [2.24, 2.45) is 0 Å². The van der Waals surface area contributed by atoms with Crippen molar-refractivity contribution in [2.75, 3.05) is 0 Å². The van der Waals surface area contributed by atoms with E-state index in [2.05, 4.69) is 9.97 Å². The van der Waals surface area contributed by atoms with Crippen LogP contribution in [0.5, 0.6) is 0 Å². The monoisotopic (exact) mass is 253 g/mol. The highest BCUT2D eigenvalue weighted by Gasteiger charge is 2.09. The highest BCUT2D eigenvalue weighted by Crippen LogP contribution is 2.18. The van der Waals surface area contributed by atoms with Crippen LogP contribution < -0.4 is 0 Å². The number of rotatable bonds is 2. The van der Waals surface area contributed by atoms with Crippen LogP contribution in [0.25, 0.3) is 16.9 Å². The minimum atomic E-state index is -1.04. The summed E-state index contributed by atoms with van der Waals surface area (Å²) in [6, 6.07) is 9.76. The molecule has 0 amide bonds. The van der Waals surface area contributed by atoms with Crippen LogP contribution in [0.1, 0.15) is 16.1 Å². The largest absolute Gasteiger partial charge is 0.476 e. The third-order valence-corrected chi connectivity index (χ3v) is 2.91. The molecule has 0 saturated heterocycles. The lowest BCUT2D eigenvalue weighted by Crippen LogP contribution is -1.94. The van der Waals surface area contributed by atoms with Crippen molar-refractivity contribution in [3.63, 3.8) is 0 Å². The van der Waals surface area contributed by atoms with E-state index < -0.39 is 5.97 Å². The number of benzene rings is 1. The van der Waals surface area contributed by atoms with Crippen molar-refractivity contribution in [3.05, 3.63) is 54.1 Å². The number of aromatic nitrogens is 3. The Bertz CT molecular complexity index is 760. The van der Waals surface area contributed by atoms with Crippen LogP contribution in [-0.4, -0.2) is 25.4 Å². The Morgan fingerprint density at radius 3 is 2.68 bits per heavy atom. The zero-order valence-electron chi connectivity index (χ0n) is 10.2. The van der Waals surface area contributed by atoms with Gasteiger partial charge in [0.2, 0.25) is 0 Å². The van der Waals surface area contributed by atoms with Crippen molar-refractivity contribution in [2.45, 2.75) is 6.92 Å². The van der Waals surface area contributed by atoms with Crippen LogP contribution in [0.4, 0.5) is 0 Å². The highest BCUT2D eigenvalue weighted by atomic mass is 16.4. The Morgan fingerprint density at radius 1 is 1.26 bits per heavy atom. The average molecular weight is 253 g/mol. The molecule has 0 bridgehead atoms. The Balaban J connectivity index is 2.10. The van der Waals surface area contributed by atoms with Crippen molar-refractivity contribution in [1.82, 2.24) is 14.4 Å². The number of fused-ring (bicyclic) bond motifs is 1. The maximum atomic E-state index is 10.9. The standard InChI is InChI=1S/C14H11N3O2/c1-9-2-4-10(5-3-9)11-6-13-16-12(14(18)19)7-17(13)8-15-11/h2-8H,1H3,(H,18,19). The van der Waals surface area contributed by atoms with Crippen molar-refractivity contribution in [3.8, 4) is 11.3 Å². The van der Waals surface area contributed by atoms with Crippen LogP contribution in [0.2, 0.25) is 0 Å². The molecule has 0 aliphatic heterocycles. The van der Waals surface area contributed by atoms with Crippen molar-refractivity contribution in [1.29, 1.82) is 0 Å². The first-order chi connectivity index (χ1) is 9.13. The summed E-state index contributed by atoms with van der Waals surface area (Å²) in [5, 5.41) is 8.91. The zero-order valence-corrected chi connectivity index (χ0v) is 10.2. The van der Waals surface area contributed by atoms with Gasteiger partial charge in [0.15, 0.2) is 5.69 Å². The molecule has 0 atom stereocenters. The maximum Gasteiger partial charge on any atom is 0.356 e. The Kier molecular flexibility index (Phi) is 2.52. The first kappa shape index (κ1) is 11.4. The molecule has 0 aliphatic rings. The van der Waals surface area contributed by atoms with Gasteiger partial charge in [-0.25, -0.2) is 14.8 Å². The minimum Gasteiger partial charge on any atom is -0.476 e. The second-order valence-corrected chi connectivity index (χ2v) is 4.34. The molecule has 2 heterocycles. The second-order valence-electron chi connectivity index (χ2n) is 4.34. The summed E-state index contributed by atoms with van der Waals surface area (Å²) in [5.74, 6) is -1.04. The molecule has 2 aromatic heterocycles. The van der Waals surface area contributed by atoms with Crippen molar-refractivity contribution < 1.29 is 9.90 Å². The number of hydrogen-bond donors (Lipinski definition) is 1. The van der Waals surface area contributed by atoms with Gasteiger partial charge in [0, 0.05) is 17.8 Å². The van der Waals surface area contributed by atoms with E-state index in [0.717, 1.165) is 11.3 Å². The molecule has 94 valence electrons. The number of hydrogen-bond acceptors (Lipinski definition) is 3. The van der Waals surface area contributed by atoms with E-state index in [1.54, 1.807) is 16.8 Å². The molecule has 0 saturated carbocycles. The first-order valence-corrected chi connectivity index (χ1v) is 5.78. The molecule has 5 heteroatoms. The van der Waals surface area contributed by atoms with Gasteiger partial charge < -0.3 is 5.11 Å². The number of aromatic carboxylic acids is 1. The Hall–Kier alpha value is -2.69. The van der Waals surface area contributed by atoms with Crippen molar-refractivity contribution >= 4 is 11.6 Å².